The molecule has 0 aromatic heterocycles. The molecule has 0 aliphatic heterocycles. The number of hydrogen-bond donors (Lipinski definition) is 3. The average Bonchev–Trinajstić information content (AvgIpc) is 2.36. The quantitative estimate of drug-likeness (QED) is 0.380. The highest BCUT2D eigenvalue weighted by Gasteiger charge is 2.33. The number of nitro benzene ring substituents is 1. The first-order chi connectivity index (χ1) is 9.64. The van der Waals surface area contributed by atoms with Gasteiger partial charge in [-0.1, -0.05) is 6.07 Å². The molecule has 0 aliphatic rings. The van der Waals surface area contributed by atoms with Crippen molar-refractivity contribution < 1.29 is 18.1 Å². The lowest BCUT2D eigenvalue weighted by atomic mass is 10.1. The van der Waals surface area contributed by atoms with Crippen LogP contribution in [0, 0.1) is 10.1 Å². The molecular weight excluding hydrogens is 300 g/mol. The van der Waals surface area contributed by atoms with Crippen LogP contribution in [-0.4, -0.2) is 32.6 Å². The van der Waals surface area contributed by atoms with Crippen LogP contribution < -0.4 is 16.0 Å². The number of nitrogens with two attached hydrogens (primary N) is 1. The van der Waals surface area contributed by atoms with E-state index in [0.717, 1.165) is 6.07 Å². The summed E-state index contributed by atoms with van der Waals surface area (Å²) in [6, 6.07) is 3.82. The van der Waals surface area contributed by atoms with E-state index in [1.807, 2.05) is 0 Å². The molecule has 0 fully saturated rings. The Bertz CT molecular complexity index is 630. The smallest absolute Gasteiger partial charge is 0.313 e. The van der Waals surface area contributed by atoms with Crippen molar-refractivity contribution in [3.63, 3.8) is 0 Å². The van der Waals surface area contributed by atoms with Crippen LogP contribution in [0.2, 0.25) is 0 Å². The van der Waals surface area contributed by atoms with E-state index in [4.69, 9.17) is 10.6 Å². The number of para-hydroxylation sites is 1. The van der Waals surface area contributed by atoms with Gasteiger partial charge in [0.15, 0.2) is 4.90 Å². The third-order valence-electron chi connectivity index (χ3n) is 2.54. The molecule has 1 aromatic carbocycles. The molecule has 1 rings (SSSR count). The number of hydrazine groups is 1. The molecule has 4 N–H and O–H groups in total. The molecule has 0 aliphatic carbocycles. The van der Waals surface area contributed by atoms with Crippen molar-refractivity contribution in [1.82, 2.24) is 4.72 Å². The van der Waals surface area contributed by atoms with Gasteiger partial charge < -0.3 is 10.2 Å². The van der Waals surface area contributed by atoms with Gasteiger partial charge in [0, 0.05) is 7.11 Å². The van der Waals surface area contributed by atoms with Crippen LogP contribution in [0.1, 0.15) is 13.8 Å². The fourth-order valence-corrected chi connectivity index (χ4v) is 3.45. The van der Waals surface area contributed by atoms with Crippen molar-refractivity contribution in [2.24, 2.45) is 5.84 Å². The molecule has 0 saturated carbocycles. The summed E-state index contributed by atoms with van der Waals surface area (Å²) in [5.74, 6) is 5.19. The van der Waals surface area contributed by atoms with Gasteiger partial charge in [0.05, 0.1) is 17.1 Å². The molecule has 0 heterocycles. The Morgan fingerprint density at radius 2 is 2.05 bits per heavy atom. The third-order valence-corrected chi connectivity index (χ3v) is 4.27. The molecule has 0 atom stereocenters. The molecule has 0 bridgehead atoms. The molecule has 21 heavy (non-hydrogen) atoms. The van der Waals surface area contributed by atoms with Gasteiger partial charge in [0.2, 0.25) is 10.0 Å². The van der Waals surface area contributed by atoms with Crippen LogP contribution in [0.15, 0.2) is 23.1 Å². The summed E-state index contributed by atoms with van der Waals surface area (Å²) in [6.45, 7) is 3.31. The van der Waals surface area contributed by atoms with Gasteiger partial charge in [-0.2, -0.15) is 0 Å². The van der Waals surface area contributed by atoms with Crippen molar-refractivity contribution in [2.45, 2.75) is 24.3 Å². The summed E-state index contributed by atoms with van der Waals surface area (Å²) < 4.78 is 32.0. The molecule has 0 radical (unpaired) electrons. The molecular formula is C11H18N4O5S. The Balaban J connectivity index is 3.36. The Kier molecular flexibility index (Phi) is 5.23. The molecule has 0 saturated heterocycles. The number of sulfonamides is 1. The van der Waals surface area contributed by atoms with Crippen molar-refractivity contribution in [3.05, 3.63) is 28.3 Å². The summed E-state index contributed by atoms with van der Waals surface area (Å²) in [7, 11) is -2.69. The topological polar surface area (TPSA) is 137 Å². The SMILES string of the molecule is COCC(C)(C)NS(=O)(=O)c1cccc(NN)c1[N+](=O)[O-]. The number of rotatable bonds is 7. The van der Waals surface area contributed by atoms with Gasteiger partial charge in [-0.05, 0) is 26.0 Å². The van der Waals surface area contributed by atoms with Crippen molar-refractivity contribution in [3.8, 4) is 0 Å². The first kappa shape index (κ1) is 17.3. The number of hydrogen-bond acceptors (Lipinski definition) is 7. The molecule has 10 heteroatoms. The number of ether oxygens (including phenoxy) is 1. The zero-order chi connectivity index (χ0) is 16.3. The minimum Gasteiger partial charge on any atom is -0.383 e. The second-order valence-electron chi connectivity index (χ2n) is 4.98. The van der Waals surface area contributed by atoms with E-state index in [-0.39, 0.29) is 12.3 Å². The van der Waals surface area contributed by atoms with Crippen LogP contribution >= 0.6 is 0 Å². The van der Waals surface area contributed by atoms with E-state index >= 15 is 0 Å². The summed E-state index contributed by atoms with van der Waals surface area (Å²) in [4.78, 5) is 9.87. The summed E-state index contributed by atoms with van der Waals surface area (Å²) in [6.07, 6.45) is 0. The largest absolute Gasteiger partial charge is 0.383 e. The number of nitrogens with zero attached hydrogens (tertiary/aromatic N) is 1. The van der Waals surface area contributed by atoms with E-state index < -0.39 is 31.1 Å². The number of methoxy groups -OCH3 is 1. The number of benzene rings is 1. The van der Waals surface area contributed by atoms with Crippen LogP contribution in [-0.2, 0) is 14.8 Å². The Morgan fingerprint density at radius 1 is 1.43 bits per heavy atom. The molecule has 1 aromatic rings. The highest BCUT2D eigenvalue weighted by Crippen LogP contribution is 2.31. The minimum atomic E-state index is -4.12. The third kappa shape index (κ3) is 4.11. The van der Waals surface area contributed by atoms with Crippen LogP contribution in [0.25, 0.3) is 0 Å². The normalized spacial score (nSPS) is 12.2. The number of nitrogen functional groups attached to an aromatic ring is 1. The maximum absolute atomic E-state index is 12.4. The summed E-state index contributed by atoms with van der Waals surface area (Å²) in [5, 5.41) is 11.1. The number of nitrogens with one attached hydrogen (secondary N) is 2. The maximum atomic E-state index is 12.4. The zero-order valence-corrected chi connectivity index (χ0v) is 12.7. The molecule has 9 nitrogen and oxygen atoms in total. The lowest BCUT2D eigenvalue weighted by Crippen LogP contribution is -2.46. The summed E-state index contributed by atoms with van der Waals surface area (Å²) >= 11 is 0. The zero-order valence-electron chi connectivity index (χ0n) is 11.9. The van der Waals surface area contributed by atoms with Gasteiger partial charge in [-0.25, -0.2) is 13.1 Å². The van der Waals surface area contributed by atoms with Crippen LogP contribution in [0.5, 0.6) is 0 Å². The Hall–Kier alpha value is -1.75. The van der Waals surface area contributed by atoms with Gasteiger partial charge in [0.25, 0.3) is 0 Å². The van der Waals surface area contributed by atoms with E-state index in [9.17, 15) is 18.5 Å². The lowest BCUT2D eigenvalue weighted by molar-refractivity contribution is -0.386. The second-order valence-corrected chi connectivity index (χ2v) is 6.63. The summed E-state index contributed by atoms with van der Waals surface area (Å²) in [5.41, 5.74) is 0.495. The fourth-order valence-electron chi connectivity index (χ4n) is 1.85. The van der Waals surface area contributed by atoms with E-state index in [0.29, 0.717) is 0 Å². The first-order valence-electron chi connectivity index (χ1n) is 5.91. The maximum Gasteiger partial charge on any atom is 0.313 e. The van der Waals surface area contributed by atoms with Crippen LogP contribution in [0.3, 0.4) is 0 Å². The fraction of sp³-hybridized carbons (Fsp3) is 0.455. The predicted molar refractivity (Wildman–Crippen MR) is 77.2 cm³/mol. The highest BCUT2D eigenvalue weighted by atomic mass is 32.2. The van der Waals surface area contributed by atoms with Gasteiger partial charge in [-0.3, -0.25) is 16.0 Å². The van der Waals surface area contributed by atoms with Gasteiger partial charge >= 0.3 is 5.69 Å². The van der Waals surface area contributed by atoms with Crippen molar-refractivity contribution >= 4 is 21.4 Å². The highest BCUT2D eigenvalue weighted by molar-refractivity contribution is 7.89. The van der Waals surface area contributed by atoms with E-state index in [1.54, 1.807) is 13.8 Å². The Morgan fingerprint density at radius 3 is 2.52 bits per heavy atom. The molecule has 118 valence electrons. The second kappa shape index (κ2) is 6.35. The number of anilines is 1. The van der Waals surface area contributed by atoms with Gasteiger partial charge in [-0.15, -0.1) is 0 Å². The van der Waals surface area contributed by atoms with E-state index in [2.05, 4.69) is 10.1 Å². The van der Waals surface area contributed by atoms with Crippen LogP contribution in [0.4, 0.5) is 11.4 Å². The minimum absolute atomic E-state index is 0.0903. The number of nitro groups is 1. The first-order valence-corrected chi connectivity index (χ1v) is 7.40. The standard InChI is InChI=1S/C11H18N4O5S/c1-11(2,7-20-3)14-21(18,19)9-6-4-5-8(13-12)10(9)15(16)17/h4-6,13-14H,7,12H2,1-3H3. The molecule has 0 amide bonds. The Labute approximate surface area is 122 Å². The van der Waals surface area contributed by atoms with Crippen molar-refractivity contribution in [2.75, 3.05) is 19.1 Å². The van der Waals surface area contributed by atoms with Crippen molar-refractivity contribution in [1.29, 1.82) is 0 Å². The van der Waals surface area contributed by atoms with Gasteiger partial charge in [0.1, 0.15) is 5.69 Å². The van der Waals surface area contributed by atoms with E-state index in [1.165, 1.54) is 19.2 Å². The molecule has 0 spiro atoms. The lowest BCUT2D eigenvalue weighted by Gasteiger charge is -2.24. The molecule has 0 unspecified atom stereocenters. The average molecular weight is 318 g/mol. The predicted octanol–water partition coefficient (Wildman–Crippen LogP) is 0.584. The monoisotopic (exact) mass is 318 g/mol.